The molecule has 1 amide bonds. The second kappa shape index (κ2) is 8.24. The molecule has 0 radical (unpaired) electrons. The van der Waals surface area contributed by atoms with Crippen LogP contribution in [0.3, 0.4) is 0 Å². The average molecular weight is 329 g/mol. The Morgan fingerprint density at radius 1 is 1.04 bits per heavy atom. The van der Waals surface area contributed by atoms with Gasteiger partial charge in [-0.2, -0.15) is 0 Å². The molecule has 128 valence electrons. The maximum atomic E-state index is 12.5. The Bertz CT molecular complexity index is 698. The highest BCUT2D eigenvalue weighted by molar-refractivity contribution is 6.05. The van der Waals surface area contributed by atoms with Crippen LogP contribution >= 0.6 is 0 Å². The van der Waals surface area contributed by atoms with Crippen LogP contribution < -0.4 is 19.5 Å². The van der Waals surface area contributed by atoms with E-state index in [2.05, 4.69) is 19.2 Å². The molecule has 5 nitrogen and oxygen atoms in total. The van der Waals surface area contributed by atoms with Gasteiger partial charge in [-0.25, -0.2) is 0 Å². The van der Waals surface area contributed by atoms with E-state index in [1.54, 1.807) is 50.6 Å². The number of hydrogen-bond donors (Lipinski definition) is 1. The molecule has 2 rings (SSSR count). The van der Waals surface area contributed by atoms with E-state index >= 15 is 0 Å². The van der Waals surface area contributed by atoms with Gasteiger partial charge in [-0.3, -0.25) is 4.79 Å². The van der Waals surface area contributed by atoms with Crippen LogP contribution in [0.25, 0.3) is 0 Å². The van der Waals surface area contributed by atoms with Gasteiger partial charge in [0, 0.05) is 11.6 Å². The van der Waals surface area contributed by atoms with Crippen molar-refractivity contribution in [1.82, 2.24) is 0 Å². The van der Waals surface area contributed by atoms with Gasteiger partial charge in [0.25, 0.3) is 5.91 Å². The maximum Gasteiger partial charge on any atom is 0.255 e. The van der Waals surface area contributed by atoms with Gasteiger partial charge < -0.3 is 19.5 Å². The molecular formula is C19H23NO4. The van der Waals surface area contributed by atoms with E-state index < -0.39 is 0 Å². The molecule has 0 aromatic heterocycles. The van der Waals surface area contributed by atoms with Gasteiger partial charge in [0.15, 0.2) is 0 Å². The van der Waals surface area contributed by atoms with Crippen molar-refractivity contribution in [1.29, 1.82) is 0 Å². The first-order chi connectivity index (χ1) is 11.5. The highest BCUT2D eigenvalue weighted by Gasteiger charge is 2.11. The lowest BCUT2D eigenvalue weighted by molar-refractivity contribution is 0.102. The molecule has 24 heavy (non-hydrogen) atoms. The number of nitrogens with one attached hydrogen (secondary N) is 1. The lowest BCUT2D eigenvalue weighted by atomic mass is 10.2. The van der Waals surface area contributed by atoms with Gasteiger partial charge in [0.2, 0.25) is 0 Å². The fourth-order valence-corrected chi connectivity index (χ4v) is 2.09. The number of anilines is 1. The third-order valence-electron chi connectivity index (χ3n) is 3.34. The van der Waals surface area contributed by atoms with E-state index in [9.17, 15) is 4.79 Å². The SMILES string of the molecule is COc1ccc(NC(=O)c2cccc(OCC(C)C)c2)c(OC)c1. The van der Waals surface area contributed by atoms with E-state index in [4.69, 9.17) is 14.2 Å². The van der Waals surface area contributed by atoms with Crippen LogP contribution in [0.1, 0.15) is 24.2 Å². The number of rotatable bonds is 7. The molecule has 1 N–H and O–H groups in total. The van der Waals surface area contributed by atoms with Crippen molar-refractivity contribution in [2.75, 3.05) is 26.1 Å². The molecule has 0 fully saturated rings. The number of amides is 1. The Kier molecular flexibility index (Phi) is 6.07. The number of carbonyl (C=O) groups is 1. The number of ether oxygens (including phenoxy) is 3. The minimum absolute atomic E-state index is 0.228. The Morgan fingerprint density at radius 3 is 2.50 bits per heavy atom. The highest BCUT2D eigenvalue weighted by atomic mass is 16.5. The normalized spacial score (nSPS) is 10.4. The highest BCUT2D eigenvalue weighted by Crippen LogP contribution is 2.29. The summed E-state index contributed by atoms with van der Waals surface area (Å²) in [5, 5.41) is 2.85. The summed E-state index contributed by atoms with van der Waals surface area (Å²) in [6.45, 7) is 4.76. The summed E-state index contributed by atoms with van der Waals surface area (Å²) < 4.78 is 16.1. The third-order valence-corrected chi connectivity index (χ3v) is 3.34. The first-order valence-electron chi connectivity index (χ1n) is 7.79. The van der Waals surface area contributed by atoms with Crippen LogP contribution in [0.4, 0.5) is 5.69 Å². The van der Waals surface area contributed by atoms with E-state index in [0.29, 0.717) is 41.0 Å². The fraction of sp³-hybridized carbons (Fsp3) is 0.316. The van der Waals surface area contributed by atoms with Crippen LogP contribution in [-0.2, 0) is 0 Å². The summed E-state index contributed by atoms with van der Waals surface area (Å²) in [5.41, 5.74) is 1.10. The fourth-order valence-electron chi connectivity index (χ4n) is 2.09. The second-order valence-corrected chi connectivity index (χ2v) is 5.75. The number of carbonyl (C=O) groups excluding carboxylic acids is 1. The third kappa shape index (κ3) is 4.65. The standard InChI is InChI=1S/C19H23NO4/c1-13(2)12-24-16-7-5-6-14(10-16)19(21)20-17-9-8-15(22-3)11-18(17)23-4/h5-11,13H,12H2,1-4H3,(H,20,21). The molecule has 0 atom stereocenters. The monoisotopic (exact) mass is 329 g/mol. The first kappa shape index (κ1) is 17.7. The van der Waals surface area contributed by atoms with Crippen molar-refractivity contribution in [3.05, 3.63) is 48.0 Å². The second-order valence-electron chi connectivity index (χ2n) is 5.75. The molecule has 0 bridgehead atoms. The molecule has 0 unspecified atom stereocenters. The largest absolute Gasteiger partial charge is 0.497 e. The Labute approximate surface area is 142 Å². The molecule has 0 heterocycles. The number of methoxy groups -OCH3 is 2. The predicted octanol–water partition coefficient (Wildman–Crippen LogP) is 3.99. The first-order valence-corrected chi connectivity index (χ1v) is 7.79. The molecule has 2 aromatic carbocycles. The lowest BCUT2D eigenvalue weighted by Crippen LogP contribution is -2.13. The number of benzene rings is 2. The summed E-state index contributed by atoms with van der Waals surface area (Å²) in [6, 6.07) is 12.3. The lowest BCUT2D eigenvalue weighted by Gasteiger charge is -2.13. The topological polar surface area (TPSA) is 56.8 Å². The van der Waals surface area contributed by atoms with Crippen molar-refractivity contribution < 1.29 is 19.0 Å². The van der Waals surface area contributed by atoms with Crippen LogP contribution in [-0.4, -0.2) is 26.7 Å². The minimum Gasteiger partial charge on any atom is -0.497 e. The van der Waals surface area contributed by atoms with Crippen molar-refractivity contribution >= 4 is 11.6 Å². The molecule has 0 saturated heterocycles. The van der Waals surface area contributed by atoms with Crippen LogP contribution in [0.2, 0.25) is 0 Å². The van der Waals surface area contributed by atoms with Gasteiger partial charge in [-0.15, -0.1) is 0 Å². The van der Waals surface area contributed by atoms with Gasteiger partial charge in [0.05, 0.1) is 26.5 Å². The molecule has 2 aromatic rings. The Balaban J connectivity index is 2.13. The quantitative estimate of drug-likeness (QED) is 0.834. The van der Waals surface area contributed by atoms with Crippen LogP contribution in [0.15, 0.2) is 42.5 Å². The van der Waals surface area contributed by atoms with Crippen molar-refractivity contribution in [3.8, 4) is 17.2 Å². The zero-order chi connectivity index (χ0) is 17.5. The zero-order valence-electron chi connectivity index (χ0n) is 14.5. The van der Waals surface area contributed by atoms with Gasteiger partial charge >= 0.3 is 0 Å². The van der Waals surface area contributed by atoms with Gasteiger partial charge in [0.1, 0.15) is 17.2 Å². The predicted molar refractivity (Wildman–Crippen MR) is 94.3 cm³/mol. The molecule has 0 saturated carbocycles. The van der Waals surface area contributed by atoms with Crippen molar-refractivity contribution in [3.63, 3.8) is 0 Å². The van der Waals surface area contributed by atoms with E-state index in [1.807, 2.05) is 6.07 Å². The van der Waals surface area contributed by atoms with Crippen LogP contribution in [0.5, 0.6) is 17.2 Å². The molecular weight excluding hydrogens is 306 g/mol. The molecule has 5 heteroatoms. The summed E-state index contributed by atoms with van der Waals surface area (Å²) in [5.74, 6) is 2.07. The van der Waals surface area contributed by atoms with Crippen molar-refractivity contribution in [2.24, 2.45) is 5.92 Å². The van der Waals surface area contributed by atoms with Crippen molar-refractivity contribution in [2.45, 2.75) is 13.8 Å². The van der Waals surface area contributed by atoms with Crippen LogP contribution in [0, 0.1) is 5.92 Å². The maximum absolute atomic E-state index is 12.5. The summed E-state index contributed by atoms with van der Waals surface area (Å²) in [4.78, 5) is 12.5. The smallest absolute Gasteiger partial charge is 0.255 e. The van der Waals surface area contributed by atoms with E-state index in [1.165, 1.54) is 0 Å². The number of hydrogen-bond acceptors (Lipinski definition) is 4. The zero-order valence-corrected chi connectivity index (χ0v) is 14.5. The average Bonchev–Trinajstić information content (AvgIpc) is 2.60. The summed E-state index contributed by atoms with van der Waals surface area (Å²) in [7, 11) is 3.13. The molecule has 0 aliphatic heterocycles. The molecule has 0 spiro atoms. The van der Waals surface area contributed by atoms with Gasteiger partial charge in [-0.1, -0.05) is 19.9 Å². The molecule has 0 aliphatic rings. The Morgan fingerprint density at radius 2 is 1.83 bits per heavy atom. The van der Waals surface area contributed by atoms with E-state index in [0.717, 1.165) is 0 Å². The van der Waals surface area contributed by atoms with Gasteiger partial charge in [-0.05, 0) is 36.2 Å². The minimum atomic E-state index is -0.228. The Hall–Kier alpha value is -2.69. The molecule has 0 aliphatic carbocycles. The summed E-state index contributed by atoms with van der Waals surface area (Å²) in [6.07, 6.45) is 0. The van der Waals surface area contributed by atoms with E-state index in [-0.39, 0.29) is 5.91 Å². The summed E-state index contributed by atoms with van der Waals surface area (Å²) >= 11 is 0.